The van der Waals surface area contributed by atoms with Crippen molar-refractivity contribution in [1.82, 2.24) is 29.9 Å². The number of aromatic nitrogens is 6. The molecule has 9 heteroatoms. The van der Waals surface area contributed by atoms with E-state index in [1.165, 1.54) is 11.3 Å². The molecule has 6 heterocycles. The van der Waals surface area contributed by atoms with Gasteiger partial charge in [0.05, 0.1) is 10.2 Å². The van der Waals surface area contributed by atoms with E-state index in [1.807, 2.05) is 30.3 Å². The number of pyridine rings is 3. The highest BCUT2D eigenvalue weighted by Gasteiger charge is 2.14. The van der Waals surface area contributed by atoms with Gasteiger partial charge in [0, 0.05) is 18.0 Å². The second-order valence-electron chi connectivity index (χ2n) is 5.78. The van der Waals surface area contributed by atoms with E-state index >= 15 is 0 Å². The lowest BCUT2D eigenvalue weighted by Gasteiger charge is -1.94. The third-order valence-corrected chi connectivity index (χ3v) is 5.89. The molecule has 0 bridgehead atoms. The molecule has 0 aliphatic heterocycles. The van der Waals surface area contributed by atoms with E-state index < -0.39 is 0 Å². The Kier molecular flexibility index (Phi) is 3.07. The van der Waals surface area contributed by atoms with E-state index in [0.29, 0.717) is 28.5 Å². The molecule has 0 saturated carbocycles. The molecule has 0 spiro atoms. The van der Waals surface area contributed by atoms with Crippen molar-refractivity contribution in [3.05, 3.63) is 48.2 Å². The first kappa shape index (κ1) is 14.8. The molecule has 0 aromatic carbocycles. The minimum Gasteiger partial charge on any atom is -0.433 e. The van der Waals surface area contributed by atoms with Gasteiger partial charge in [0.2, 0.25) is 5.89 Å². The van der Waals surface area contributed by atoms with Crippen molar-refractivity contribution in [2.24, 2.45) is 0 Å². The van der Waals surface area contributed by atoms with Crippen molar-refractivity contribution < 1.29 is 4.42 Å². The summed E-state index contributed by atoms with van der Waals surface area (Å²) in [5.74, 6) is 0.426. The molecule has 0 radical (unpaired) electrons. The first-order valence-corrected chi connectivity index (χ1v) is 9.72. The van der Waals surface area contributed by atoms with Crippen LogP contribution in [0, 0.1) is 0 Å². The van der Waals surface area contributed by atoms with Gasteiger partial charge in [0.15, 0.2) is 16.9 Å². The van der Waals surface area contributed by atoms with Crippen LogP contribution in [-0.2, 0) is 0 Å². The number of rotatable bonds is 2. The molecular formula is C18H8N6OS2. The lowest BCUT2D eigenvalue weighted by molar-refractivity contribution is 0.617. The SMILES string of the molecule is c1cnc2sc(-c3cnc4nc(-c5ccc6scnc6n5)oc4c3)nc2c1. The van der Waals surface area contributed by atoms with Crippen LogP contribution in [0.15, 0.2) is 52.7 Å². The molecule has 0 fully saturated rings. The Hall–Kier alpha value is -3.30. The molecule has 6 aromatic rings. The summed E-state index contributed by atoms with van der Waals surface area (Å²) in [6.45, 7) is 0. The van der Waals surface area contributed by atoms with E-state index in [9.17, 15) is 0 Å². The zero-order valence-corrected chi connectivity index (χ0v) is 15.2. The summed E-state index contributed by atoms with van der Waals surface area (Å²) < 4.78 is 6.94. The predicted octanol–water partition coefficient (Wildman–Crippen LogP) is 4.57. The van der Waals surface area contributed by atoms with E-state index in [4.69, 9.17) is 4.42 Å². The van der Waals surface area contributed by atoms with Gasteiger partial charge in [0.1, 0.15) is 21.0 Å². The summed E-state index contributed by atoms with van der Waals surface area (Å²) in [6, 6.07) is 9.57. The van der Waals surface area contributed by atoms with Crippen LogP contribution in [0.25, 0.3) is 54.1 Å². The number of hydrogen-bond donors (Lipinski definition) is 0. The van der Waals surface area contributed by atoms with Crippen molar-refractivity contribution in [2.45, 2.75) is 0 Å². The van der Waals surface area contributed by atoms with Crippen molar-refractivity contribution in [3.63, 3.8) is 0 Å². The molecule has 128 valence electrons. The Morgan fingerprint density at radius 2 is 1.93 bits per heavy atom. The number of thiazole rings is 2. The van der Waals surface area contributed by atoms with Gasteiger partial charge in [-0.15, -0.1) is 11.3 Å². The van der Waals surface area contributed by atoms with Crippen molar-refractivity contribution in [3.8, 4) is 22.2 Å². The number of oxazole rings is 1. The average molecular weight is 388 g/mol. The standard InChI is InChI=1S/C18H8N6OS2/c1-2-11-18(19-5-1)27-17(23-11)9-6-12-14(20-7-9)24-16(25-12)10-3-4-13-15(22-10)21-8-26-13/h1-8H. The Morgan fingerprint density at radius 1 is 0.926 bits per heavy atom. The highest BCUT2D eigenvalue weighted by molar-refractivity contribution is 7.21. The fraction of sp³-hybridized carbons (Fsp3) is 0. The van der Waals surface area contributed by atoms with Crippen LogP contribution < -0.4 is 0 Å². The zero-order chi connectivity index (χ0) is 17.8. The summed E-state index contributed by atoms with van der Waals surface area (Å²) in [6.07, 6.45) is 3.52. The molecule has 0 unspecified atom stereocenters. The molecule has 0 aliphatic rings. The highest BCUT2D eigenvalue weighted by atomic mass is 32.1. The molecule has 6 aromatic heterocycles. The van der Waals surface area contributed by atoms with Crippen molar-refractivity contribution >= 4 is 54.6 Å². The lowest BCUT2D eigenvalue weighted by atomic mass is 10.3. The molecular weight excluding hydrogens is 380 g/mol. The monoisotopic (exact) mass is 388 g/mol. The minimum atomic E-state index is 0.426. The third-order valence-electron chi connectivity index (χ3n) is 4.07. The number of nitrogens with zero attached hydrogens (tertiary/aromatic N) is 6. The topological polar surface area (TPSA) is 90.5 Å². The van der Waals surface area contributed by atoms with Gasteiger partial charge in [-0.05, 0) is 30.3 Å². The van der Waals surface area contributed by atoms with E-state index in [0.717, 1.165) is 25.6 Å². The first-order chi connectivity index (χ1) is 13.3. The summed E-state index contributed by atoms with van der Waals surface area (Å²) >= 11 is 3.07. The van der Waals surface area contributed by atoms with Crippen LogP contribution >= 0.6 is 22.7 Å². The smallest absolute Gasteiger partial charge is 0.247 e. The maximum atomic E-state index is 5.92. The maximum Gasteiger partial charge on any atom is 0.247 e. The van der Waals surface area contributed by atoms with Gasteiger partial charge < -0.3 is 4.42 Å². The minimum absolute atomic E-state index is 0.426. The predicted molar refractivity (Wildman–Crippen MR) is 105 cm³/mol. The molecule has 0 saturated heterocycles. The Balaban J connectivity index is 1.46. The molecule has 0 N–H and O–H groups in total. The average Bonchev–Trinajstić information content (AvgIpc) is 3.42. The largest absolute Gasteiger partial charge is 0.433 e. The molecule has 0 aliphatic carbocycles. The van der Waals surface area contributed by atoms with Gasteiger partial charge in [0.25, 0.3) is 0 Å². The van der Waals surface area contributed by atoms with Crippen LogP contribution in [0.5, 0.6) is 0 Å². The van der Waals surface area contributed by atoms with Crippen LogP contribution in [0.1, 0.15) is 0 Å². The molecule has 27 heavy (non-hydrogen) atoms. The summed E-state index contributed by atoms with van der Waals surface area (Å²) in [5, 5.41) is 0.845. The number of hydrogen-bond acceptors (Lipinski definition) is 9. The van der Waals surface area contributed by atoms with Crippen LogP contribution in [0.4, 0.5) is 0 Å². The maximum absolute atomic E-state index is 5.92. The fourth-order valence-corrected chi connectivity index (χ4v) is 4.32. The van der Waals surface area contributed by atoms with Gasteiger partial charge in [-0.2, -0.15) is 4.98 Å². The Bertz CT molecular complexity index is 1420. The van der Waals surface area contributed by atoms with Crippen molar-refractivity contribution in [1.29, 1.82) is 0 Å². The molecule has 6 rings (SSSR count). The molecule has 0 amide bonds. The molecule has 7 nitrogen and oxygen atoms in total. The van der Waals surface area contributed by atoms with E-state index in [-0.39, 0.29) is 0 Å². The van der Waals surface area contributed by atoms with Gasteiger partial charge in [-0.3, -0.25) is 0 Å². The second-order valence-corrected chi connectivity index (χ2v) is 7.65. The number of fused-ring (bicyclic) bond motifs is 3. The normalized spacial score (nSPS) is 11.7. The van der Waals surface area contributed by atoms with Crippen molar-refractivity contribution in [2.75, 3.05) is 0 Å². The lowest BCUT2D eigenvalue weighted by Crippen LogP contribution is -1.84. The van der Waals surface area contributed by atoms with E-state index in [2.05, 4.69) is 29.9 Å². The third kappa shape index (κ3) is 2.40. The van der Waals surface area contributed by atoms with Gasteiger partial charge >= 0.3 is 0 Å². The van der Waals surface area contributed by atoms with E-state index in [1.54, 1.807) is 29.2 Å². The molecule has 0 atom stereocenters. The van der Waals surface area contributed by atoms with Crippen LogP contribution in [0.2, 0.25) is 0 Å². The van der Waals surface area contributed by atoms with Crippen LogP contribution in [-0.4, -0.2) is 29.9 Å². The second kappa shape index (κ2) is 5.60. The quantitative estimate of drug-likeness (QED) is 0.429. The zero-order valence-electron chi connectivity index (χ0n) is 13.5. The van der Waals surface area contributed by atoms with Crippen LogP contribution in [0.3, 0.4) is 0 Å². The van der Waals surface area contributed by atoms with Gasteiger partial charge in [-0.25, -0.2) is 24.9 Å². The summed E-state index contributed by atoms with van der Waals surface area (Å²) in [5.41, 5.74) is 5.97. The first-order valence-electron chi connectivity index (χ1n) is 8.03. The summed E-state index contributed by atoms with van der Waals surface area (Å²) in [7, 11) is 0. The Morgan fingerprint density at radius 3 is 2.89 bits per heavy atom. The Labute approximate surface area is 159 Å². The highest BCUT2D eigenvalue weighted by Crippen LogP contribution is 2.31. The van der Waals surface area contributed by atoms with Gasteiger partial charge in [-0.1, -0.05) is 11.3 Å². The summed E-state index contributed by atoms with van der Waals surface area (Å²) in [4.78, 5) is 27.5. The fourth-order valence-electron chi connectivity index (χ4n) is 2.81.